The minimum Gasteiger partial charge on any atom is -0.508 e. The summed E-state index contributed by atoms with van der Waals surface area (Å²) >= 11 is 0. The Morgan fingerprint density at radius 3 is 2.55 bits per heavy atom. The number of nitro benzene ring substituents is 1. The number of carbonyl (C=O) groups excluding carboxylic acids is 1. The molecule has 1 amide bonds. The molecular weight excluding hydrogens is 426 g/mol. The molecule has 0 bridgehead atoms. The maximum Gasteiger partial charge on any atom is 0.345 e. The molecule has 0 aliphatic rings. The Balaban J connectivity index is 1.80. The summed E-state index contributed by atoms with van der Waals surface area (Å²) in [7, 11) is 0. The summed E-state index contributed by atoms with van der Waals surface area (Å²) in [5.41, 5.74) is 3.20. The fourth-order valence-corrected chi connectivity index (χ4v) is 3.39. The number of carbonyl (C=O) groups is 1. The van der Waals surface area contributed by atoms with Crippen molar-refractivity contribution < 1.29 is 19.2 Å². The highest BCUT2D eigenvalue weighted by atomic mass is 16.6. The number of aryl methyl sites for hydroxylation is 1. The Hall–Kier alpha value is -4.01. The highest BCUT2D eigenvalue weighted by Gasteiger charge is 2.13. The van der Waals surface area contributed by atoms with E-state index in [0.29, 0.717) is 11.8 Å². The van der Waals surface area contributed by atoms with Crippen LogP contribution in [0, 0.1) is 10.1 Å². The number of hydrogen-bond acceptors (Lipinski definition) is 7. The zero-order valence-electron chi connectivity index (χ0n) is 18.5. The lowest BCUT2D eigenvalue weighted by Gasteiger charge is -2.08. The third-order valence-corrected chi connectivity index (χ3v) is 5.29. The second-order valence-electron chi connectivity index (χ2n) is 7.72. The maximum atomic E-state index is 12.4. The Kier molecular flexibility index (Phi) is 7.55. The number of rotatable bonds is 9. The van der Waals surface area contributed by atoms with Crippen LogP contribution < -0.4 is 11.1 Å². The first-order valence-corrected chi connectivity index (χ1v) is 10.7. The van der Waals surface area contributed by atoms with Crippen LogP contribution in [0.2, 0.25) is 0 Å². The first-order chi connectivity index (χ1) is 15.8. The average molecular weight is 451 g/mol. The summed E-state index contributed by atoms with van der Waals surface area (Å²) in [5.74, 6) is -0.482. The monoisotopic (exact) mass is 451 g/mol. The van der Waals surface area contributed by atoms with Gasteiger partial charge in [-0.3, -0.25) is 14.9 Å². The van der Waals surface area contributed by atoms with Gasteiger partial charge in [-0.1, -0.05) is 26.2 Å². The fourth-order valence-electron chi connectivity index (χ4n) is 3.39. The number of amides is 1. The van der Waals surface area contributed by atoms with Gasteiger partial charge < -0.3 is 9.52 Å². The Morgan fingerprint density at radius 1 is 1.15 bits per heavy atom. The first-order valence-electron chi connectivity index (χ1n) is 10.7. The number of phenolic OH excluding ortho intramolecular Hbond substituents is 1. The number of nitrogens with one attached hydrogen (secondary N) is 1. The number of nitrogens with zero attached hydrogens (tertiary/aromatic N) is 2. The van der Waals surface area contributed by atoms with Gasteiger partial charge in [-0.05, 0) is 49.6 Å². The molecule has 9 nitrogen and oxygen atoms in total. The first kappa shape index (κ1) is 23.6. The van der Waals surface area contributed by atoms with E-state index in [1.807, 2.05) is 0 Å². The highest BCUT2D eigenvalue weighted by molar-refractivity contribution is 6.02. The van der Waals surface area contributed by atoms with Crippen LogP contribution in [-0.2, 0) is 6.42 Å². The summed E-state index contributed by atoms with van der Waals surface area (Å²) in [6, 6.07) is 9.93. The predicted molar refractivity (Wildman–Crippen MR) is 125 cm³/mol. The third kappa shape index (κ3) is 5.82. The Bertz CT molecular complexity index is 1260. The van der Waals surface area contributed by atoms with Gasteiger partial charge in [0.15, 0.2) is 0 Å². The molecule has 3 aromatic rings. The summed E-state index contributed by atoms with van der Waals surface area (Å²) in [5, 5.41) is 25.6. The van der Waals surface area contributed by atoms with E-state index in [1.165, 1.54) is 30.3 Å². The number of hydrogen-bond donors (Lipinski definition) is 2. The molecule has 0 atom stereocenters. The number of nitro groups is 1. The van der Waals surface area contributed by atoms with E-state index in [4.69, 9.17) is 4.42 Å². The number of hydrazone groups is 1. The molecule has 0 radical (unpaired) electrons. The standard InChI is InChI=1S/C24H25N3O6/c1-3-4-5-6-7-17-12-18-13-20(24(30)33-22(18)14-21(17)28)15(2)25-26-23(29)16-8-10-19(11-9-16)27(31)32/h8-14,28H,3-7H2,1-2H3,(H,26,29). The number of benzene rings is 2. The van der Waals surface area contributed by atoms with Gasteiger partial charge in [0, 0.05) is 29.1 Å². The number of non-ortho nitro benzene ring substituents is 1. The molecule has 33 heavy (non-hydrogen) atoms. The van der Waals surface area contributed by atoms with Gasteiger partial charge >= 0.3 is 5.63 Å². The van der Waals surface area contributed by atoms with Crippen molar-refractivity contribution in [1.29, 1.82) is 0 Å². The second-order valence-corrected chi connectivity index (χ2v) is 7.72. The van der Waals surface area contributed by atoms with Crippen molar-refractivity contribution in [1.82, 2.24) is 5.43 Å². The number of phenols is 1. The zero-order valence-corrected chi connectivity index (χ0v) is 18.5. The van der Waals surface area contributed by atoms with Gasteiger partial charge in [-0.15, -0.1) is 0 Å². The fraction of sp³-hybridized carbons (Fsp3) is 0.292. The minimum absolute atomic E-state index is 0.0932. The van der Waals surface area contributed by atoms with E-state index in [-0.39, 0.29) is 33.9 Å². The average Bonchev–Trinajstić information content (AvgIpc) is 2.80. The van der Waals surface area contributed by atoms with Crippen LogP contribution in [0.4, 0.5) is 5.69 Å². The van der Waals surface area contributed by atoms with Crippen molar-refractivity contribution in [2.75, 3.05) is 0 Å². The SMILES string of the molecule is CCCCCCc1cc2cc(C(C)=NNC(=O)c3ccc([N+](=O)[O-])cc3)c(=O)oc2cc1O. The number of unbranched alkanes of at least 4 members (excludes halogenated alkanes) is 3. The quantitative estimate of drug-likeness (QED) is 0.159. The minimum atomic E-state index is -0.650. The molecule has 0 aliphatic heterocycles. The van der Waals surface area contributed by atoms with Crippen molar-refractivity contribution in [3.63, 3.8) is 0 Å². The molecule has 9 heteroatoms. The lowest BCUT2D eigenvalue weighted by atomic mass is 10.0. The van der Waals surface area contributed by atoms with Gasteiger partial charge in [0.25, 0.3) is 11.6 Å². The Labute approximate surface area is 189 Å². The van der Waals surface area contributed by atoms with E-state index in [1.54, 1.807) is 19.1 Å². The summed E-state index contributed by atoms with van der Waals surface area (Å²) < 4.78 is 5.35. The van der Waals surface area contributed by atoms with Gasteiger partial charge in [0.1, 0.15) is 11.3 Å². The maximum absolute atomic E-state index is 12.4. The van der Waals surface area contributed by atoms with Gasteiger partial charge in [0.05, 0.1) is 16.2 Å². The van der Waals surface area contributed by atoms with Crippen LogP contribution in [0.1, 0.15) is 61.0 Å². The predicted octanol–water partition coefficient (Wildman–Crippen LogP) is 4.68. The molecule has 3 rings (SSSR count). The van der Waals surface area contributed by atoms with Crippen molar-refractivity contribution in [2.45, 2.75) is 46.0 Å². The van der Waals surface area contributed by atoms with Crippen LogP contribution in [0.5, 0.6) is 5.75 Å². The molecule has 172 valence electrons. The summed E-state index contributed by atoms with van der Waals surface area (Å²) in [4.78, 5) is 34.9. The normalized spacial score (nSPS) is 11.5. The molecule has 0 spiro atoms. The molecule has 0 aliphatic carbocycles. The van der Waals surface area contributed by atoms with Crippen molar-refractivity contribution in [3.05, 3.63) is 79.7 Å². The zero-order chi connectivity index (χ0) is 24.0. The van der Waals surface area contributed by atoms with E-state index in [2.05, 4.69) is 17.5 Å². The molecule has 0 fully saturated rings. The highest BCUT2D eigenvalue weighted by Crippen LogP contribution is 2.26. The third-order valence-electron chi connectivity index (χ3n) is 5.29. The van der Waals surface area contributed by atoms with E-state index in [0.717, 1.165) is 31.2 Å². The van der Waals surface area contributed by atoms with Crippen molar-refractivity contribution >= 4 is 28.3 Å². The second kappa shape index (κ2) is 10.5. The van der Waals surface area contributed by atoms with E-state index < -0.39 is 16.5 Å². The van der Waals surface area contributed by atoms with Crippen molar-refractivity contribution in [3.8, 4) is 5.75 Å². The number of fused-ring (bicyclic) bond motifs is 1. The van der Waals surface area contributed by atoms with E-state index >= 15 is 0 Å². The summed E-state index contributed by atoms with van der Waals surface area (Å²) in [6.07, 6.45) is 5.00. The Morgan fingerprint density at radius 2 is 1.88 bits per heavy atom. The summed E-state index contributed by atoms with van der Waals surface area (Å²) in [6.45, 7) is 3.69. The van der Waals surface area contributed by atoms with E-state index in [9.17, 15) is 24.8 Å². The van der Waals surface area contributed by atoms with Gasteiger partial charge in [0.2, 0.25) is 0 Å². The number of aromatic hydroxyl groups is 1. The lowest BCUT2D eigenvalue weighted by molar-refractivity contribution is -0.384. The van der Waals surface area contributed by atoms with Crippen LogP contribution >= 0.6 is 0 Å². The van der Waals surface area contributed by atoms with Crippen LogP contribution in [0.15, 0.2) is 56.8 Å². The van der Waals surface area contributed by atoms with Crippen LogP contribution in [0.3, 0.4) is 0 Å². The molecule has 0 unspecified atom stereocenters. The van der Waals surface area contributed by atoms with Crippen LogP contribution in [0.25, 0.3) is 11.0 Å². The molecule has 0 saturated carbocycles. The lowest BCUT2D eigenvalue weighted by Crippen LogP contribution is -2.21. The van der Waals surface area contributed by atoms with Crippen molar-refractivity contribution in [2.24, 2.45) is 5.10 Å². The largest absolute Gasteiger partial charge is 0.508 e. The molecule has 1 aromatic heterocycles. The van der Waals surface area contributed by atoms with Crippen LogP contribution in [-0.4, -0.2) is 21.6 Å². The molecule has 2 N–H and O–H groups in total. The van der Waals surface area contributed by atoms with Gasteiger partial charge in [-0.25, -0.2) is 10.2 Å². The molecule has 2 aromatic carbocycles. The topological polar surface area (TPSA) is 135 Å². The molecular formula is C24H25N3O6. The molecule has 1 heterocycles. The smallest absolute Gasteiger partial charge is 0.345 e. The molecule has 0 saturated heterocycles. The van der Waals surface area contributed by atoms with Gasteiger partial charge in [-0.2, -0.15) is 5.10 Å².